The third-order valence-corrected chi connectivity index (χ3v) is 3.18. The van der Waals surface area contributed by atoms with Crippen molar-refractivity contribution in [2.75, 3.05) is 0 Å². The average Bonchev–Trinajstić information content (AvgIpc) is 2.54. The highest BCUT2D eigenvalue weighted by Crippen LogP contribution is 2.26. The van der Waals surface area contributed by atoms with Crippen molar-refractivity contribution < 1.29 is 0 Å². The van der Waals surface area contributed by atoms with Crippen LogP contribution in [0.4, 0.5) is 0 Å². The molecule has 0 heterocycles. The largest absolute Gasteiger partial charge is 0.319 e. The van der Waals surface area contributed by atoms with E-state index in [-0.39, 0.29) is 11.0 Å². The maximum Gasteiger partial charge on any atom is 0.0502 e. The van der Waals surface area contributed by atoms with E-state index in [1.165, 1.54) is 11.1 Å². The Balaban J connectivity index is 2.30. The second-order valence-electron chi connectivity index (χ2n) is 5.82. The molecular weight excluding hydrogens is 218 g/mol. The van der Waals surface area contributed by atoms with Gasteiger partial charge >= 0.3 is 0 Å². The lowest BCUT2D eigenvalue weighted by Gasteiger charge is -2.13. The van der Waals surface area contributed by atoms with Crippen LogP contribution in [0.2, 0.25) is 0 Å². The lowest BCUT2D eigenvalue weighted by atomic mass is 9.92. The van der Waals surface area contributed by atoms with Crippen molar-refractivity contribution in [3.8, 4) is 0 Å². The molecule has 2 N–H and O–H groups in total. The minimum atomic E-state index is -0.359. The molecule has 2 rings (SSSR count). The van der Waals surface area contributed by atoms with E-state index in [9.17, 15) is 0 Å². The molecule has 0 radical (unpaired) electrons. The van der Waals surface area contributed by atoms with Gasteiger partial charge in [0, 0.05) is 5.41 Å². The highest BCUT2D eigenvalue weighted by Gasteiger charge is 2.14. The minimum Gasteiger partial charge on any atom is -0.319 e. The highest BCUT2D eigenvalue weighted by atomic mass is 14.7. The van der Waals surface area contributed by atoms with Crippen molar-refractivity contribution in [1.82, 2.24) is 0 Å². The molecule has 0 aliphatic heterocycles. The molecule has 1 heteroatoms. The first-order chi connectivity index (χ1) is 8.38. The van der Waals surface area contributed by atoms with Gasteiger partial charge in [0.15, 0.2) is 0 Å². The Hall–Kier alpha value is -1.60. The van der Waals surface area contributed by atoms with Gasteiger partial charge in [-0.25, -0.2) is 0 Å². The molecule has 1 unspecified atom stereocenters. The van der Waals surface area contributed by atoms with Gasteiger partial charge in [-0.15, -0.1) is 0 Å². The smallest absolute Gasteiger partial charge is 0.0502 e. The van der Waals surface area contributed by atoms with Crippen molar-refractivity contribution in [2.45, 2.75) is 26.3 Å². The van der Waals surface area contributed by atoms with Crippen molar-refractivity contribution in [3.05, 3.63) is 71.9 Å². The van der Waals surface area contributed by atoms with Crippen molar-refractivity contribution >= 4 is 0 Å². The number of rotatable bonds is 1. The zero-order valence-corrected chi connectivity index (χ0v) is 11.4. The zero-order chi connectivity index (χ0) is 13.2. The van der Waals surface area contributed by atoms with Gasteiger partial charge in [-0.05, 0) is 18.1 Å². The third-order valence-electron chi connectivity index (χ3n) is 3.18. The second kappa shape index (κ2) is 4.58. The first-order valence-electron chi connectivity index (χ1n) is 6.35. The van der Waals surface area contributed by atoms with Gasteiger partial charge in [-0.1, -0.05) is 74.6 Å². The number of allylic oxidation sites excluding steroid dienone is 10. The fraction of sp³-hybridized carbons (Fsp3) is 0.294. The van der Waals surface area contributed by atoms with Gasteiger partial charge < -0.3 is 5.73 Å². The predicted molar refractivity (Wildman–Crippen MR) is 79.1 cm³/mol. The standard InChI is InChI=1S/C17H21N/c1-16(2)10-4-6-14(8-12-16)15-7-5-11-17(3,18)13-9-15/h4-13H,18H2,1-3H3. The first kappa shape index (κ1) is 12.8. The van der Waals surface area contributed by atoms with Crippen molar-refractivity contribution in [1.29, 1.82) is 0 Å². The molecule has 18 heavy (non-hydrogen) atoms. The Kier molecular flexibility index (Phi) is 3.27. The Labute approximate surface area is 110 Å². The van der Waals surface area contributed by atoms with E-state index in [1.54, 1.807) is 0 Å². The van der Waals surface area contributed by atoms with Crippen LogP contribution in [-0.2, 0) is 0 Å². The lowest BCUT2D eigenvalue weighted by Crippen LogP contribution is -2.30. The second-order valence-corrected chi connectivity index (χ2v) is 5.82. The van der Waals surface area contributed by atoms with Crippen LogP contribution >= 0.6 is 0 Å². The summed E-state index contributed by atoms with van der Waals surface area (Å²) < 4.78 is 0. The Morgan fingerprint density at radius 3 is 2.00 bits per heavy atom. The maximum atomic E-state index is 6.09. The zero-order valence-electron chi connectivity index (χ0n) is 11.4. The Morgan fingerprint density at radius 1 is 0.778 bits per heavy atom. The topological polar surface area (TPSA) is 26.0 Å². The number of hydrogen-bond donors (Lipinski definition) is 1. The van der Waals surface area contributed by atoms with Gasteiger partial charge in [0.2, 0.25) is 0 Å². The van der Waals surface area contributed by atoms with E-state index in [0.29, 0.717) is 0 Å². The Bertz CT molecular complexity index is 458. The summed E-state index contributed by atoms with van der Waals surface area (Å²) in [5.74, 6) is 0. The molecule has 2 aliphatic rings. The highest BCUT2D eigenvalue weighted by molar-refractivity contribution is 5.52. The van der Waals surface area contributed by atoms with Crippen LogP contribution in [0.25, 0.3) is 0 Å². The Morgan fingerprint density at radius 2 is 1.33 bits per heavy atom. The average molecular weight is 239 g/mol. The molecule has 0 fully saturated rings. The predicted octanol–water partition coefficient (Wildman–Crippen LogP) is 3.83. The SMILES string of the molecule is CC1(C)C=CC=C(C2=CC=CC(C)(N)C=C2)C=C1. The van der Waals surface area contributed by atoms with E-state index in [2.05, 4.69) is 56.4 Å². The normalized spacial score (nSPS) is 29.6. The quantitative estimate of drug-likeness (QED) is 0.739. The summed E-state index contributed by atoms with van der Waals surface area (Å²) in [4.78, 5) is 0. The molecule has 0 aromatic rings. The van der Waals surface area contributed by atoms with Crippen LogP contribution in [0, 0.1) is 5.41 Å². The molecule has 0 saturated heterocycles. The van der Waals surface area contributed by atoms with Gasteiger partial charge in [-0.2, -0.15) is 0 Å². The number of hydrogen-bond acceptors (Lipinski definition) is 1. The molecule has 1 atom stereocenters. The van der Waals surface area contributed by atoms with Crippen LogP contribution in [0.5, 0.6) is 0 Å². The van der Waals surface area contributed by atoms with Gasteiger partial charge in [-0.3, -0.25) is 0 Å². The third kappa shape index (κ3) is 3.21. The van der Waals surface area contributed by atoms with Gasteiger partial charge in [0.1, 0.15) is 0 Å². The number of nitrogens with two attached hydrogens (primary N) is 1. The summed E-state index contributed by atoms with van der Waals surface area (Å²) in [7, 11) is 0. The van der Waals surface area contributed by atoms with E-state index in [4.69, 9.17) is 5.73 Å². The van der Waals surface area contributed by atoms with Crippen LogP contribution in [0.3, 0.4) is 0 Å². The van der Waals surface area contributed by atoms with E-state index >= 15 is 0 Å². The van der Waals surface area contributed by atoms with E-state index in [1.807, 2.05) is 25.2 Å². The molecule has 0 amide bonds. The fourth-order valence-corrected chi connectivity index (χ4v) is 1.94. The van der Waals surface area contributed by atoms with Crippen LogP contribution in [0.1, 0.15) is 20.8 Å². The van der Waals surface area contributed by atoms with Crippen LogP contribution in [0.15, 0.2) is 71.9 Å². The molecule has 0 saturated carbocycles. The summed E-state index contributed by atoms with van der Waals surface area (Å²) in [6, 6.07) is 0. The van der Waals surface area contributed by atoms with Gasteiger partial charge in [0.25, 0.3) is 0 Å². The fourth-order valence-electron chi connectivity index (χ4n) is 1.94. The molecule has 94 valence electrons. The van der Waals surface area contributed by atoms with Crippen molar-refractivity contribution in [3.63, 3.8) is 0 Å². The summed E-state index contributed by atoms with van der Waals surface area (Å²) in [5.41, 5.74) is 8.25. The molecular formula is C17H21N. The summed E-state index contributed by atoms with van der Waals surface area (Å²) in [6.07, 6.45) is 21.2. The minimum absolute atomic E-state index is 0.117. The van der Waals surface area contributed by atoms with Gasteiger partial charge in [0.05, 0.1) is 5.54 Å². The first-order valence-corrected chi connectivity index (χ1v) is 6.35. The van der Waals surface area contributed by atoms with E-state index in [0.717, 1.165) is 0 Å². The molecule has 0 aromatic heterocycles. The van der Waals surface area contributed by atoms with Crippen molar-refractivity contribution in [2.24, 2.45) is 11.1 Å². The van der Waals surface area contributed by atoms with E-state index < -0.39 is 0 Å². The monoisotopic (exact) mass is 239 g/mol. The maximum absolute atomic E-state index is 6.09. The summed E-state index contributed by atoms with van der Waals surface area (Å²) in [5, 5.41) is 0. The summed E-state index contributed by atoms with van der Waals surface area (Å²) >= 11 is 0. The molecule has 0 aromatic carbocycles. The van der Waals surface area contributed by atoms with Crippen LogP contribution < -0.4 is 5.73 Å². The van der Waals surface area contributed by atoms with Crippen LogP contribution in [-0.4, -0.2) is 5.54 Å². The molecule has 0 spiro atoms. The molecule has 0 bridgehead atoms. The lowest BCUT2D eigenvalue weighted by molar-refractivity contribution is 0.627. The molecule has 2 aliphatic carbocycles. The summed E-state index contributed by atoms with van der Waals surface area (Å²) in [6.45, 7) is 6.40. The molecule has 1 nitrogen and oxygen atoms in total.